The van der Waals surface area contributed by atoms with E-state index < -0.39 is 0 Å². The second-order valence-electron chi connectivity index (χ2n) is 4.56. The fourth-order valence-corrected chi connectivity index (χ4v) is 2.65. The fourth-order valence-electron chi connectivity index (χ4n) is 2.65. The average molecular weight is 284 g/mol. The summed E-state index contributed by atoms with van der Waals surface area (Å²) < 4.78 is 0. The SMILES string of the molecule is CNCC(=O)N1CCN2CCCCC2C1.Cl.Cl. The first-order valence-corrected chi connectivity index (χ1v) is 5.97. The van der Waals surface area contributed by atoms with Gasteiger partial charge in [0.25, 0.3) is 0 Å². The molecule has 0 radical (unpaired) electrons. The molecule has 0 aromatic heterocycles. The molecule has 4 nitrogen and oxygen atoms in total. The molecule has 0 aromatic carbocycles. The molecule has 1 amide bonds. The van der Waals surface area contributed by atoms with E-state index in [0.29, 0.717) is 12.6 Å². The number of carbonyl (C=O) groups is 1. The van der Waals surface area contributed by atoms with Crippen molar-refractivity contribution in [2.24, 2.45) is 0 Å². The van der Waals surface area contributed by atoms with Crippen molar-refractivity contribution in [1.82, 2.24) is 15.1 Å². The lowest BCUT2D eigenvalue weighted by atomic mass is 9.99. The molecule has 2 saturated heterocycles. The van der Waals surface area contributed by atoms with Gasteiger partial charge in [0.15, 0.2) is 0 Å². The van der Waals surface area contributed by atoms with E-state index in [1.807, 2.05) is 11.9 Å². The highest BCUT2D eigenvalue weighted by Crippen LogP contribution is 2.20. The van der Waals surface area contributed by atoms with Gasteiger partial charge in [-0.25, -0.2) is 0 Å². The van der Waals surface area contributed by atoms with Crippen LogP contribution in [0.15, 0.2) is 0 Å². The maximum Gasteiger partial charge on any atom is 0.236 e. The second kappa shape index (κ2) is 8.14. The first kappa shape index (κ1) is 17.0. The maximum absolute atomic E-state index is 11.7. The molecule has 1 unspecified atom stereocenters. The van der Waals surface area contributed by atoms with Crippen LogP contribution in [-0.2, 0) is 4.79 Å². The van der Waals surface area contributed by atoms with Gasteiger partial charge in [-0.15, -0.1) is 24.8 Å². The van der Waals surface area contributed by atoms with Crippen LogP contribution in [0, 0.1) is 0 Å². The largest absolute Gasteiger partial charge is 0.339 e. The molecule has 0 bridgehead atoms. The van der Waals surface area contributed by atoms with Crippen LogP contribution in [-0.4, -0.2) is 61.5 Å². The molecule has 2 aliphatic heterocycles. The fraction of sp³-hybridized carbons (Fsp3) is 0.909. The number of hydrogen-bond acceptors (Lipinski definition) is 3. The Balaban J connectivity index is 0.00000128. The van der Waals surface area contributed by atoms with Gasteiger partial charge >= 0.3 is 0 Å². The third-order valence-corrected chi connectivity index (χ3v) is 3.52. The number of rotatable bonds is 2. The van der Waals surface area contributed by atoms with E-state index in [4.69, 9.17) is 0 Å². The summed E-state index contributed by atoms with van der Waals surface area (Å²) in [5, 5.41) is 2.93. The van der Waals surface area contributed by atoms with E-state index in [9.17, 15) is 4.79 Å². The van der Waals surface area contributed by atoms with Crippen LogP contribution >= 0.6 is 24.8 Å². The van der Waals surface area contributed by atoms with Gasteiger partial charge in [-0.1, -0.05) is 6.42 Å². The molecule has 0 aromatic rings. The normalized spacial score (nSPS) is 24.3. The third kappa shape index (κ3) is 4.28. The van der Waals surface area contributed by atoms with Gasteiger partial charge in [-0.3, -0.25) is 9.69 Å². The maximum atomic E-state index is 11.7. The highest BCUT2D eigenvalue weighted by atomic mass is 35.5. The number of halogens is 2. The van der Waals surface area contributed by atoms with Crippen molar-refractivity contribution in [2.45, 2.75) is 25.3 Å². The minimum atomic E-state index is 0. The Hall–Kier alpha value is -0.0300. The summed E-state index contributed by atoms with van der Waals surface area (Å²) in [7, 11) is 1.83. The summed E-state index contributed by atoms with van der Waals surface area (Å²) in [5.41, 5.74) is 0. The van der Waals surface area contributed by atoms with Gasteiger partial charge in [0.1, 0.15) is 0 Å². The Labute approximate surface area is 116 Å². The molecular formula is C11H23Cl2N3O. The van der Waals surface area contributed by atoms with E-state index >= 15 is 0 Å². The molecule has 2 heterocycles. The minimum Gasteiger partial charge on any atom is -0.339 e. The van der Waals surface area contributed by atoms with Gasteiger partial charge in [0.05, 0.1) is 6.54 Å². The van der Waals surface area contributed by atoms with Crippen LogP contribution in [0.5, 0.6) is 0 Å². The zero-order valence-corrected chi connectivity index (χ0v) is 12.0. The van der Waals surface area contributed by atoms with Crippen LogP contribution < -0.4 is 5.32 Å². The monoisotopic (exact) mass is 283 g/mol. The minimum absolute atomic E-state index is 0. The van der Waals surface area contributed by atoms with Crippen LogP contribution in [0.4, 0.5) is 0 Å². The third-order valence-electron chi connectivity index (χ3n) is 3.52. The standard InChI is InChI=1S/C11H21N3O.2ClH/c1-12-8-11(15)14-7-6-13-5-3-2-4-10(13)9-14;;/h10,12H,2-9H2,1H3;2*1H. The number of carbonyl (C=O) groups excluding carboxylic acids is 1. The average Bonchev–Trinajstić information content (AvgIpc) is 2.29. The number of piperazine rings is 1. The molecule has 0 spiro atoms. The van der Waals surface area contributed by atoms with Crippen molar-refractivity contribution in [2.75, 3.05) is 39.8 Å². The van der Waals surface area contributed by atoms with Gasteiger partial charge < -0.3 is 10.2 Å². The number of likely N-dealkylation sites (N-methyl/N-ethyl adjacent to an activating group) is 1. The smallest absolute Gasteiger partial charge is 0.236 e. The Morgan fingerprint density at radius 2 is 2.00 bits per heavy atom. The van der Waals surface area contributed by atoms with Crippen LogP contribution in [0.2, 0.25) is 0 Å². The molecule has 1 atom stereocenters. The van der Waals surface area contributed by atoms with Gasteiger partial charge in [-0.2, -0.15) is 0 Å². The second-order valence-corrected chi connectivity index (χ2v) is 4.56. The molecular weight excluding hydrogens is 261 g/mol. The number of hydrogen-bond donors (Lipinski definition) is 1. The van der Waals surface area contributed by atoms with Crippen molar-refractivity contribution in [3.05, 3.63) is 0 Å². The molecule has 0 aliphatic carbocycles. The summed E-state index contributed by atoms with van der Waals surface area (Å²) in [4.78, 5) is 16.3. The topological polar surface area (TPSA) is 35.6 Å². The first-order chi connectivity index (χ1) is 7.31. The summed E-state index contributed by atoms with van der Waals surface area (Å²) in [6, 6.07) is 0.633. The molecule has 17 heavy (non-hydrogen) atoms. The predicted octanol–water partition coefficient (Wildman–Crippen LogP) is 0.746. The number of nitrogens with zero attached hydrogens (tertiary/aromatic N) is 2. The quantitative estimate of drug-likeness (QED) is 0.812. The molecule has 2 rings (SSSR count). The zero-order valence-electron chi connectivity index (χ0n) is 10.4. The Morgan fingerprint density at radius 3 is 2.71 bits per heavy atom. The lowest BCUT2D eigenvalue weighted by molar-refractivity contribution is -0.133. The molecule has 6 heteroatoms. The van der Waals surface area contributed by atoms with Crippen LogP contribution in [0.3, 0.4) is 0 Å². The molecule has 2 fully saturated rings. The summed E-state index contributed by atoms with van der Waals surface area (Å²) in [6.45, 7) is 4.64. The predicted molar refractivity (Wildman–Crippen MR) is 74.2 cm³/mol. The van der Waals surface area contributed by atoms with Gasteiger partial charge in [0.2, 0.25) is 5.91 Å². The first-order valence-electron chi connectivity index (χ1n) is 5.97. The van der Waals surface area contributed by atoms with Crippen LogP contribution in [0.25, 0.3) is 0 Å². The molecule has 2 aliphatic rings. The van der Waals surface area contributed by atoms with Crippen molar-refractivity contribution in [3.63, 3.8) is 0 Å². The highest BCUT2D eigenvalue weighted by molar-refractivity contribution is 5.85. The number of fused-ring (bicyclic) bond motifs is 1. The van der Waals surface area contributed by atoms with Crippen molar-refractivity contribution in [3.8, 4) is 0 Å². The van der Waals surface area contributed by atoms with E-state index in [0.717, 1.165) is 19.6 Å². The summed E-state index contributed by atoms with van der Waals surface area (Å²) in [5.74, 6) is 0.253. The van der Waals surface area contributed by atoms with E-state index in [1.165, 1.54) is 25.8 Å². The van der Waals surface area contributed by atoms with Crippen LogP contribution in [0.1, 0.15) is 19.3 Å². The number of piperidine rings is 1. The number of amides is 1. The lowest BCUT2D eigenvalue weighted by Gasteiger charge is -2.44. The van der Waals surface area contributed by atoms with Crippen molar-refractivity contribution >= 4 is 30.7 Å². The zero-order chi connectivity index (χ0) is 10.7. The number of nitrogens with one attached hydrogen (secondary N) is 1. The van der Waals surface area contributed by atoms with Crippen molar-refractivity contribution in [1.29, 1.82) is 0 Å². The Kier molecular flexibility index (Phi) is 8.12. The molecule has 0 saturated carbocycles. The highest BCUT2D eigenvalue weighted by Gasteiger charge is 2.30. The van der Waals surface area contributed by atoms with E-state index in [1.54, 1.807) is 0 Å². The Bertz CT molecular complexity index is 241. The van der Waals surface area contributed by atoms with Crippen molar-refractivity contribution < 1.29 is 4.79 Å². The summed E-state index contributed by atoms with van der Waals surface area (Å²) >= 11 is 0. The van der Waals surface area contributed by atoms with Gasteiger partial charge in [-0.05, 0) is 26.4 Å². The molecule has 1 N–H and O–H groups in total. The Morgan fingerprint density at radius 1 is 1.24 bits per heavy atom. The lowest BCUT2D eigenvalue weighted by Crippen LogP contribution is -2.57. The van der Waals surface area contributed by atoms with Gasteiger partial charge in [0, 0.05) is 25.7 Å². The van der Waals surface area contributed by atoms with E-state index in [2.05, 4.69) is 10.2 Å². The van der Waals surface area contributed by atoms with E-state index in [-0.39, 0.29) is 30.7 Å². The summed E-state index contributed by atoms with van der Waals surface area (Å²) in [6.07, 6.45) is 3.93. The molecule has 102 valence electrons.